The summed E-state index contributed by atoms with van der Waals surface area (Å²) in [6, 6.07) is 20.6. The Balaban J connectivity index is 1.57. The predicted octanol–water partition coefficient (Wildman–Crippen LogP) is 5.47. The zero-order chi connectivity index (χ0) is 21.5. The van der Waals surface area contributed by atoms with Gasteiger partial charge in [0, 0.05) is 32.6 Å². The third-order valence-electron chi connectivity index (χ3n) is 5.30. The highest BCUT2D eigenvalue weighted by atomic mass is 35.5. The van der Waals surface area contributed by atoms with Crippen molar-refractivity contribution >= 4 is 39.6 Å². The van der Waals surface area contributed by atoms with Gasteiger partial charge in [-0.2, -0.15) is 9.61 Å². The molecule has 3 aromatic carbocycles. The third-order valence-corrected chi connectivity index (χ3v) is 5.55. The summed E-state index contributed by atoms with van der Waals surface area (Å²) >= 11 is 5.92. The molecule has 2 aromatic heterocycles. The normalized spacial score (nSPS) is 11.2. The number of carbonyl (C=O) groups is 1. The van der Waals surface area contributed by atoms with Gasteiger partial charge in [0.2, 0.25) is 0 Å². The van der Waals surface area contributed by atoms with Gasteiger partial charge >= 0.3 is 0 Å². The van der Waals surface area contributed by atoms with E-state index in [0.717, 1.165) is 27.6 Å². The van der Waals surface area contributed by atoms with Crippen molar-refractivity contribution in [1.82, 2.24) is 19.8 Å². The molecule has 0 radical (unpaired) electrons. The van der Waals surface area contributed by atoms with E-state index in [9.17, 15) is 4.79 Å². The van der Waals surface area contributed by atoms with Crippen molar-refractivity contribution in [2.45, 2.75) is 13.8 Å². The van der Waals surface area contributed by atoms with Gasteiger partial charge in [-0.15, -0.1) is 10.2 Å². The number of amides is 1. The minimum Gasteiger partial charge on any atom is -0.322 e. The van der Waals surface area contributed by atoms with Crippen LogP contribution in [0.1, 0.15) is 21.6 Å². The van der Waals surface area contributed by atoms with E-state index in [4.69, 9.17) is 16.7 Å². The van der Waals surface area contributed by atoms with Crippen LogP contribution in [-0.4, -0.2) is 25.7 Å². The molecule has 31 heavy (non-hydrogen) atoms. The standard InChI is InChI=1S/C24H18ClN5O/c1-14-7-8-17(13-21(14)26-24(31)16-9-11-18(25)12-10-16)22-27-28-23-20-6-4-3-5-19(20)15(2)29-30(22)23/h3-13H,1-2H3,(H,26,31). The zero-order valence-corrected chi connectivity index (χ0v) is 17.7. The maximum absolute atomic E-state index is 12.7. The van der Waals surface area contributed by atoms with Crippen molar-refractivity contribution in [3.63, 3.8) is 0 Å². The number of nitrogens with zero attached hydrogens (tertiary/aromatic N) is 4. The maximum Gasteiger partial charge on any atom is 0.255 e. The molecule has 0 spiro atoms. The monoisotopic (exact) mass is 427 g/mol. The van der Waals surface area contributed by atoms with Crippen molar-refractivity contribution < 1.29 is 4.79 Å². The molecule has 0 saturated carbocycles. The number of hydrogen-bond acceptors (Lipinski definition) is 4. The maximum atomic E-state index is 12.7. The molecule has 0 aliphatic rings. The van der Waals surface area contributed by atoms with Crippen LogP contribution >= 0.6 is 11.6 Å². The minimum absolute atomic E-state index is 0.206. The van der Waals surface area contributed by atoms with Crippen LogP contribution in [0.5, 0.6) is 0 Å². The van der Waals surface area contributed by atoms with Crippen LogP contribution in [0.25, 0.3) is 27.8 Å². The summed E-state index contributed by atoms with van der Waals surface area (Å²) in [5.74, 6) is 0.411. The summed E-state index contributed by atoms with van der Waals surface area (Å²) in [6.45, 7) is 3.91. The molecule has 7 heteroatoms. The Bertz CT molecular complexity index is 1460. The third kappa shape index (κ3) is 3.41. The van der Waals surface area contributed by atoms with E-state index in [0.29, 0.717) is 27.7 Å². The van der Waals surface area contributed by atoms with Gasteiger partial charge in [-0.1, -0.05) is 48.0 Å². The van der Waals surface area contributed by atoms with Crippen molar-refractivity contribution in [2.75, 3.05) is 5.32 Å². The van der Waals surface area contributed by atoms with E-state index >= 15 is 0 Å². The molecule has 0 atom stereocenters. The molecule has 6 nitrogen and oxygen atoms in total. The van der Waals surface area contributed by atoms with Gasteiger partial charge in [-0.3, -0.25) is 4.79 Å². The first-order valence-corrected chi connectivity index (χ1v) is 10.2. The van der Waals surface area contributed by atoms with Gasteiger partial charge in [0.1, 0.15) is 0 Å². The van der Waals surface area contributed by atoms with E-state index in [1.54, 1.807) is 28.8 Å². The second-order valence-electron chi connectivity index (χ2n) is 7.38. The number of anilines is 1. The van der Waals surface area contributed by atoms with Crippen LogP contribution in [-0.2, 0) is 0 Å². The lowest BCUT2D eigenvalue weighted by Crippen LogP contribution is -2.12. The smallest absolute Gasteiger partial charge is 0.255 e. The summed E-state index contributed by atoms with van der Waals surface area (Å²) < 4.78 is 1.76. The van der Waals surface area contributed by atoms with Gasteiger partial charge in [-0.05, 0) is 49.7 Å². The summed E-state index contributed by atoms with van der Waals surface area (Å²) in [5.41, 5.74) is 4.58. The van der Waals surface area contributed by atoms with E-state index in [1.807, 2.05) is 56.3 Å². The number of aryl methyl sites for hydroxylation is 2. The molecule has 152 valence electrons. The molecule has 0 aliphatic carbocycles. The van der Waals surface area contributed by atoms with Crippen LogP contribution in [0.15, 0.2) is 66.7 Å². The van der Waals surface area contributed by atoms with E-state index in [-0.39, 0.29) is 5.91 Å². The molecule has 0 saturated heterocycles. The molecular formula is C24H18ClN5O. The minimum atomic E-state index is -0.206. The van der Waals surface area contributed by atoms with Crippen molar-refractivity contribution in [1.29, 1.82) is 0 Å². The Labute approximate surface area is 183 Å². The van der Waals surface area contributed by atoms with Gasteiger partial charge < -0.3 is 5.32 Å². The molecular weight excluding hydrogens is 410 g/mol. The fourth-order valence-corrected chi connectivity index (χ4v) is 3.74. The van der Waals surface area contributed by atoms with E-state index in [2.05, 4.69) is 15.5 Å². The second-order valence-corrected chi connectivity index (χ2v) is 7.82. The molecule has 1 amide bonds. The first-order chi connectivity index (χ1) is 15.0. The number of nitrogens with one attached hydrogen (secondary N) is 1. The largest absolute Gasteiger partial charge is 0.322 e. The average molecular weight is 428 g/mol. The first kappa shape index (κ1) is 19.2. The Morgan fingerprint density at radius 1 is 0.935 bits per heavy atom. The summed E-state index contributed by atoms with van der Waals surface area (Å²) in [7, 11) is 0. The Morgan fingerprint density at radius 3 is 2.45 bits per heavy atom. The molecule has 0 unspecified atom stereocenters. The Kier molecular flexibility index (Phi) is 4.64. The average Bonchev–Trinajstić information content (AvgIpc) is 3.20. The summed E-state index contributed by atoms with van der Waals surface area (Å²) in [4.78, 5) is 12.7. The molecule has 5 rings (SSSR count). The number of rotatable bonds is 3. The molecule has 0 bridgehead atoms. The zero-order valence-electron chi connectivity index (χ0n) is 16.9. The lowest BCUT2D eigenvalue weighted by atomic mass is 10.1. The van der Waals surface area contributed by atoms with E-state index < -0.39 is 0 Å². The summed E-state index contributed by atoms with van der Waals surface area (Å²) in [5, 5.41) is 19.1. The molecule has 0 fully saturated rings. The first-order valence-electron chi connectivity index (χ1n) is 9.80. The SMILES string of the molecule is Cc1ccc(-c2nnc3c4ccccc4c(C)nn23)cc1NC(=O)c1ccc(Cl)cc1. The highest BCUT2D eigenvalue weighted by Gasteiger charge is 2.15. The number of hydrogen-bond donors (Lipinski definition) is 1. The highest BCUT2D eigenvalue weighted by molar-refractivity contribution is 6.30. The second kappa shape index (κ2) is 7.49. The van der Waals surface area contributed by atoms with Crippen molar-refractivity contribution in [2.24, 2.45) is 0 Å². The number of fused-ring (bicyclic) bond motifs is 3. The van der Waals surface area contributed by atoms with Gasteiger partial charge in [-0.25, -0.2) is 0 Å². The number of benzene rings is 3. The van der Waals surface area contributed by atoms with Crippen molar-refractivity contribution in [3.05, 3.63) is 88.6 Å². The highest BCUT2D eigenvalue weighted by Crippen LogP contribution is 2.28. The van der Waals surface area contributed by atoms with E-state index in [1.165, 1.54) is 0 Å². The van der Waals surface area contributed by atoms with Crippen LogP contribution in [0.4, 0.5) is 5.69 Å². The summed E-state index contributed by atoms with van der Waals surface area (Å²) in [6.07, 6.45) is 0. The molecule has 0 aliphatic heterocycles. The number of aromatic nitrogens is 4. The van der Waals surface area contributed by atoms with Crippen LogP contribution in [0, 0.1) is 13.8 Å². The predicted molar refractivity (Wildman–Crippen MR) is 123 cm³/mol. The number of halogens is 1. The fourth-order valence-electron chi connectivity index (χ4n) is 3.61. The van der Waals surface area contributed by atoms with Gasteiger partial charge in [0.25, 0.3) is 5.91 Å². The van der Waals surface area contributed by atoms with Crippen LogP contribution in [0.3, 0.4) is 0 Å². The Hall–Kier alpha value is -3.77. The molecule has 1 N–H and O–H groups in total. The molecule has 2 heterocycles. The van der Waals surface area contributed by atoms with Crippen molar-refractivity contribution in [3.8, 4) is 11.4 Å². The lowest BCUT2D eigenvalue weighted by Gasteiger charge is -2.11. The lowest BCUT2D eigenvalue weighted by molar-refractivity contribution is 0.102. The fraction of sp³-hybridized carbons (Fsp3) is 0.0833. The quantitative estimate of drug-likeness (QED) is 0.414. The van der Waals surface area contributed by atoms with Crippen LogP contribution < -0.4 is 5.32 Å². The molecule has 5 aromatic rings. The van der Waals surface area contributed by atoms with Crippen LogP contribution in [0.2, 0.25) is 5.02 Å². The van der Waals surface area contributed by atoms with Gasteiger partial charge in [0.05, 0.1) is 5.69 Å². The number of carbonyl (C=O) groups excluding carboxylic acids is 1. The Morgan fingerprint density at radius 2 is 1.68 bits per heavy atom. The topological polar surface area (TPSA) is 72.2 Å². The van der Waals surface area contributed by atoms with Gasteiger partial charge in [0.15, 0.2) is 11.5 Å².